The van der Waals surface area contributed by atoms with Crippen LogP contribution in [-0.2, 0) is 31.4 Å². The molecule has 2 aromatic rings. The first-order valence-corrected chi connectivity index (χ1v) is 8.87. The van der Waals surface area contributed by atoms with E-state index in [0.717, 1.165) is 35.0 Å². The molecule has 0 saturated carbocycles. The van der Waals surface area contributed by atoms with Gasteiger partial charge in [0, 0.05) is 58.0 Å². The smallest absolute Gasteiger partial charge is 0.266 e. The van der Waals surface area contributed by atoms with Crippen molar-refractivity contribution in [3.05, 3.63) is 38.8 Å². The minimum absolute atomic E-state index is 0.00668. The Labute approximate surface area is 144 Å². The van der Waals surface area contributed by atoms with Gasteiger partial charge in [0.15, 0.2) is 5.13 Å². The molecule has 2 aromatic heterocycles. The van der Waals surface area contributed by atoms with Gasteiger partial charge in [-0.15, -0.1) is 11.3 Å². The number of carbonyl (C=O) groups excluding carboxylic acids is 1. The van der Waals surface area contributed by atoms with Crippen molar-refractivity contribution in [3.63, 3.8) is 0 Å². The Morgan fingerprint density at radius 3 is 2.96 bits per heavy atom. The number of thiazole rings is 1. The molecule has 0 radical (unpaired) electrons. The summed E-state index contributed by atoms with van der Waals surface area (Å²) >= 11 is 1.49. The van der Waals surface area contributed by atoms with E-state index in [1.54, 1.807) is 24.9 Å². The highest BCUT2D eigenvalue weighted by atomic mass is 32.1. The summed E-state index contributed by atoms with van der Waals surface area (Å²) in [5, 5.41) is 7.07. The fourth-order valence-electron chi connectivity index (χ4n) is 2.90. The maximum absolute atomic E-state index is 11.8. The van der Waals surface area contributed by atoms with Gasteiger partial charge in [-0.1, -0.05) is 0 Å². The van der Waals surface area contributed by atoms with Gasteiger partial charge >= 0.3 is 0 Å². The number of hydrogen-bond acceptors (Lipinski definition) is 6. The second-order valence-corrected chi connectivity index (χ2v) is 6.76. The predicted molar refractivity (Wildman–Crippen MR) is 93.1 cm³/mol. The quantitative estimate of drug-likeness (QED) is 0.830. The van der Waals surface area contributed by atoms with E-state index in [-0.39, 0.29) is 11.5 Å². The minimum Gasteiger partial charge on any atom is -0.293 e. The Balaban J connectivity index is 1.71. The third-order valence-electron chi connectivity index (χ3n) is 4.17. The molecule has 1 aliphatic heterocycles. The molecule has 8 heteroatoms. The molecule has 7 nitrogen and oxygen atoms in total. The number of rotatable bonds is 4. The Kier molecular flexibility index (Phi) is 4.77. The zero-order valence-electron chi connectivity index (χ0n) is 14.2. The molecule has 0 N–H and O–H groups in total. The van der Waals surface area contributed by atoms with Crippen LogP contribution in [0.25, 0.3) is 0 Å². The van der Waals surface area contributed by atoms with Crippen molar-refractivity contribution in [2.75, 3.05) is 18.0 Å². The second-order valence-electron chi connectivity index (χ2n) is 5.92. The molecule has 24 heavy (non-hydrogen) atoms. The first-order chi connectivity index (χ1) is 11.5. The van der Waals surface area contributed by atoms with E-state index in [2.05, 4.69) is 15.0 Å². The van der Waals surface area contributed by atoms with E-state index in [1.807, 2.05) is 12.3 Å². The number of aryl methyl sites for hydroxylation is 1. The van der Waals surface area contributed by atoms with E-state index < -0.39 is 0 Å². The normalized spacial score (nSPS) is 14.5. The molecular weight excluding hydrogens is 326 g/mol. The van der Waals surface area contributed by atoms with Crippen molar-refractivity contribution in [2.24, 2.45) is 7.05 Å². The summed E-state index contributed by atoms with van der Waals surface area (Å²) in [7, 11) is 1.68. The van der Waals surface area contributed by atoms with Crippen LogP contribution in [0.3, 0.4) is 0 Å². The van der Waals surface area contributed by atoms with Crippen LogP contribution >= 0.6 is 11.3 Å². The molecule has 3 rings (SSSR count). The molecular formula is C16H21N5O2S. The summed E-state index contributed by atoms with van der Waals surface area (Å²) in [6.45, 7) is 6.41. The highest BCUT2D eigenvalue weighted by Crippen LogP contribution is 2.23. The highest BCUT2D eigenvalue weighted by molar-refractivity contribution is 7.14. The zero-order chi connectivity index (χ0) is 17.3. The zero-order valence-corrected chi connectivity index (χ0v) is 15.0. The largest absolute Gasteiger partial charge is 0.293 e. The average molecular weight is 347 g/mol. The van der Waals surface area contributed by atoms with E-state index in [9.17, 15) is 9.59 Å². The topological polar surface area (TPSA) is 71.3 Å². The van der Waals surface area contributed by atoms with E-state index in [0.29, 0.717) is 19.6 Å². The van der Waals surface area contributed by atoms with Crippen molar-refractivity contribution in [2.45, 2.75) is 33.4 Å². The van der Waals surface area contributed by atoms with E-state index in [4.69, 9.17) is 0 Å². The van der Waals surface area contributed by atoms with Crippen LogP contribution in [0.15, 0.2) is 16.2 Å². The summed E-state index contributed by atoms with van der Waals surface area (Å²) in [5.74, 6) is 0.00668. The Bertz CT molecular complexity index is 813. The van der Waals surface area contributed by atoms with Gasteiger partial charge in [0.05, 0.1) is 11.4 Å². The lowest BCUT2D eigenvalue weighted by Crippen LogP contribution is -2.34. The molecule has 0 fully saturated rings. The van der Waals surface area contributed by atoms with Crippen molar-refractivity contribution in [1.82, 2.24) is 19.7 Å². The van der Waals surface area contributed by atoms with Crippen molar-refractivity contribution >= 4 is 22.4 Å². The minimum atomic E-state index is -0.0772. The van der Waals surface area contributed by atoms with Crippen LogP contribution in [0.1, 0.15) is 30.8 Å². The SMILES string of the molecule is CCN(C(C)=O)c1nc(CN2CCc3nn(C)c(=O)cc3C2)cs1. The third kappa shape index (κ3) is 3.39. The van der Waals surface area contributed by atoms with Crippen LogP contribution in [-0.4, -0.2) is 38.7 Å². The summed E-state index contributed by atoms with van der Waals surface area (Å²) < 4.78 is 1.39. The van der Waals surface area contributed by atoms with Gasteiger partial charge in [-0.05, 0) is 12.5 Å². The fourth-order valence-corrected chi connectivity index (χ4v) is 3.82. The first-order valence-electron chi connectivity index (χ1n) is 7.99. The second kappa shape index (κ2) is 6.82. The molecule has 128 valence electrons. The summed E-state index contributed by atoms with van der Waals surface area (Å²) in [6.07, 6.45) is 0.828. The van der Waals surface area contributed by atoms with Gasteiger partial charge in [-0.25, -0.2) is 9.67 Å². The lowest BCUT2D eigenvalue weighted by atomic mass is 10.1. The predicted octanol–water partition coefficient (Wildman–Crippen LogP) is 1.17. The van der Waals surface area contributed by atoms with Crippen LogP contribution in [0.4, 0.5) is 5.13 Å². The summed E-state index contributed by atoms with van der Waals surface area (Å²) in [5.41, 5.74) is 2.88. The van der Waals surface area contributed by atoms with Crippen molar-refractivity contribution in [1.29, 1.82) is 0 Å². The van der Waals surface area contributed by atoms with Crippen molar-refractivity contribution < 1.29 is 4.79 Å². The molecule has 0 spiro atoms. The molecule has 1 aliphatic rings. The van der Waals surface area contributed by atoms with Crippen LogP contribution in [0.2, 0.25) is 0 Å². The molecule has 0 bridgehead atoms. The Morgan fingerprint density at radius 1 is 1.46 bits per heavy atom. The number of aromatic nitrogens is 3. The highest BCUT2D eigenvalue weighted by Gasteiger charge is 2.20. The van der Waals surface area contributed by atoms with Gasteiger partial charge in [0.1, 0.15) is 0 Å². The molecule has 1 amide bonds. The average Bonchev–Trinajstić information content (AvgIpc) is 2.97. The monoisotopic (exact) mass is 347 g/mol. The molecule has 0 atom stereocenters. The Morgan fingerprint density at radius 2 is 2.25 bits per heavy atom. The number of carbonyl (C=O) groups is 1. The molecule has 3 heterocycles. The lowest BCUT2D eigenvalue weighted by molar-refractivity contribution is -0.116. The number of amides is 1. The lowest BCUT2D eigenvalue weighted by Gasteiger charge is -2.27. The van der Waals surface area contributed by atoms with E-state index in [1.165, 1.54) is 16.0 Å². The fraction of sp³-hybridized carbons (Fsp3) is 0.500. The van der Waals surface area contributed by atoms with Crippen molar-refractivity contribution in [3.8, 4) is 0 Å². The maximum Gasteiger partial charge on any atom is 0.266 e. The standard InChI is InChI=1S/C16H21N5O2S/c1-4-21(11(2)22)16-17-13(10-24-16)9-20-6-5-14-12(8-20)7-15(23)19(3)18-14/h7,10H,4-6,8-9H2,1-3H3. The first kappa shape index (κ1) is 16.8. The number of fused-ring (bicyclic) bond motifs is 1. The maximum atomic E-state index is 11.8. The molecule has 0 unspecified atom stereocenters. The Hall–Kier alpha value is -2.06. The van der Waals surface area contributed by atoms with Crippen LogP contribution in [0.5, 0.6) is 0 Å². The van der Waals surface area contributed by atoms with Crippen LogP contribution in [0, 0.1) is 0 Å². The van der Waals surface area contributed by atoms with Gasteiger partial charge in [-0.2, -0.15) is 5.10 Å². The van der Waals surface area contributed by atoms with Gasteiger partial charge in [0.25, 0.3) is 5.56 Å². The molecule has 0 saturated heterocycles. The van der Waals surface area contributed by atoms with E-state index >= 15 is 0 Å². The van der Waals surface area contributed by atoms with Gasteiger partial charge in [0.2, 0.25) is 5.91 Å². The molecule has 0 aromatic carbocycles. The number of nitrogens with zero attached hydrogens (tertiary/aromatic N) is 5. The van der Waals surface area contributed by atoms with Gasteiger partial charge in [-0.3, -0.25) is 19.4 Å². The number of anilines is 1. The number of hydrogen-bond donors (Lipinski definition) is 0. The summed E-state index contributed by atoms with van der Waals surface area (Å²) in [4.78, 5) is 31.9. The molecule has 0 aliphatic carbocycles. The third-order valence-corrected chi connectivity index (χ3v) is 5.08. The summed E-state index contributed by atoms with van der Waals surface area (Å²) in [6, 6.07) is 1.68. The van der Waals surface area contributed by atoms with Gasteiger partial charge < -0.3 is 0 Å². The van der Waals surface area contributed by atoms with Crippen LogP contribution < -0.4 is 10.5 Å².